The van der Waals surface area contributed by atoms with Crippen LogP contribution < -0.4 is 10.1 Å². The van der Waals surface area contributed by atoms with E-state index in [0.717, 1.165) is 23.5 Å². The van der Waals surface area contributed by atoms with Crippen molar-refractivity contribution in [3.05, 3.63) is 99.1 Å². The molecule has 0 bridgehead atoms. The van der Waals surface area contributed by atoms with Crippen LogP contribution in [0.3, 0.4) is 0 Å². The predicted molar refractivity (Wildman–Crippen MR) is 107 cm³/mol. The number of nitro benzene ring substituents is 1. The number of nitro groups is 1. The van der Waals surface area contributed by atoms with Gasteiger partial charge in [0.15, 0.2) is 0 Å². The van der Waals surface area contributed by atoms with Crippen LogP contribution >= 0.6 is 0 Å². The summed E-state index contributed by atoms with van der Waals surface area (Å²) in [7, 11) is 0. The molecule has 0 spiro atoms. The number of benzene rings is 3. The van der Waals surface area contributed by atoms with Crippen LogP contribution in [0, 0.1) is 24.0 Å². The number of rotatable bonds is 7. The van der Waals surface area contributed by atoms with E-state index < -0.39 is 4.92 Å². The molecule has 0 atom stereocenters. The Kier molecular flexibility index (Phi) is 5.71. The van der Waals surface area contributed by atoms with Crippen molar-refractivity contribution >= 4 is 11.4 Å². The SMILES string of the molecule is Cc1cccc(NCc2ccc(OCc3ccc([N+](=O)[O-])cc3)cc2)c1C. The summed E-state index contributed by atoms with van der Waals surface area (Å²) in [5.41, 5.74) is 5.82. The number of anilines is 1. The molecule has 3 aromatic carbocycles. The Morgan fingerprint density at radius 3 is 2.26 bits per heavy atom. The van der Waals surface area contributed by atoms with Crippen molar-refractivity contribution in [2.75, 3.05) is 5.32 Å². The Morgan fingerprint density at radius 1 is 0.926 bits per heavy atom. The number of nitrogens with one attached hydrogen (secondary N) is 1. The highest BCUT2D eigenvalue weighted by molar-refractivity contribution is 5.54. The lowest BCUT2D eigenvalue weighted by Gasteiger charge is -2.12. The molecule has 0 fully saturated rings. The highest BCUT2D eigenvalue weighted by Crippen LogP contribution is 2.20. The second-order valence-electron chi connectivity index (χ2n) is 6.46. The van der Waals surface area contributed by atoms with E-state index >= 15 is 0 Å². The quantitative estimate of drug-likeness (QED) is 0.451. The third-order valence-electron chi connectivity index (χ3n) is 4.56. The molecule has 27 heavy (non-hydrogen) atoms. The molecule has 0 aliphatic carbocycles. The molecule has 0 aliphatic heterocycles. The van der Waals surface area contributed by atoms with E-state index in [4.69, 9.17) is 4.74 Å². The third kappa shape index (κ3) is 4.85. The van der Waals surface area contributed by atoms with Crippen LogP contribution in [0.15, 0.2) is 66.7 Å². The number of hydrogen-bond donors (Lipinski definition) is 1. The molecule has 0 saturated heterocycles. The molecule has 0 saturated carbocycles. The Balaban J connectivity index is 1.54. The summed E-state index contributed by atoms with van der Waals surface area (Å²) in [6, 6.07) is 20.6. The molecule has 3 aromatic rings. The summed E-state index contributed by atoms with van der Waals surface area (Å²) in [6.45, 7) is 5.34. The van der Waals surface area contributed by atoms with E-state index in [2.05, 4.69) is 37.4 Å². The maximum atomic E-state index is 10.7. The molecular formula is C22H22N2O3. The van der Waals surface area contributed by atoms with Crippen molar-refractivity contribution in [2.45, 2.75) is 27.0 Å². The highest BCUT2D eigenvalue weighted by atomic mass is 16.6. The fourth-order valence-electron chi connectivity index (χ4n) is 2.72. The topological polar surface area (TPSA) is 64.4 Å². The second-order valence-corrected chi connectivity index (χ2v) is 6.46. The average Bonchev–Trinajstić information content (AvgIpc) is 2.68. The Morgan fingerprint density at radius 2 is 1.59 bits per heavy atom. The monoisotopic (exact) mass is 362 g/mol. The predicted octanol–water partition coefficient (Wildman–Crippen LogP) is 5.40. The van der Waals surface area contributed by atoms with Crippen molar-refractivity contribution in [3.63, 3.8) is 0 Å². The van der Waals surface area contributed by atoms with Crippen LogP contribution in [0.2, 0.25) is 0 Å². The van der Waals surface area contributed by atoms with E-state index in [0.29, 0.717) is 6.61 Å². The normalized spacial score (nSPS) is 10.4. The van der Waals surface area contributed by atoms with Crippen LogP contribution in [0.1, 0.15) is 22.3 Å². The average molecular weight is 362 g/mol. The first kappa shape index (κ1) is 18.5. The summed E-state index contributed by atoms with van der Waals surface area (Å²) in [5, 5.41) is 14.1. The molecule has 0 aromatic heterocycles. The Bertz CT molecular complexity index is 919. The van der Waals surface area contributed by atoms with Crippen LogP contribution in [0.4, 0.5) is 11.4 Å². The van der Waals surface area contributed by atoms with Gasteiger partial charge >= 0.3 is 0 Å². The van der Waals surface area contributed by atoms with Gasteiger partial charge in [0, 0.05) is 24.4 Å². The molecule has 1 N–H and O–H groups in total. The first-order valence-corrected chi connectivity index (χ1v) is 8.78. The van der Waals surface area contributed by atoms with Gasteiger partial charge in [-0.15, -0.1) is 0 Å². The van der Waals surface area contributed by atoms with Crippen LogP contribution in [0.5, 0.6) is 5.75 Å². The minimum atomic E-state index is -0.407. The Labute approximate surface area is 158 Å². The largest absolute Gasteiger partial charge is 0.489 e. The Hall–Kier alpha value is -3.34. The van der Waals surface area contributed by atoms with Crippen molar-refractivity contribution in [2.24, 2.45) is 0 Å². The van der Waals surface area contributed by atoms with Gasteiger partial charge in [0.1, 0.15) is 12.4 Å². The first-order valence-electron chi connectivity index (χ1n) is 8.78. The van der Waals surface area contributed by atoms with E-state index in [1.165, 1.54) is 28.8 Å². The van der Waals surface area contributed by atoms with Gasteiger partial charge in [-0.3, -0.25) is 10.1 Å². The van der Waals surface area contributed by atoms with Gasteiger partial charge in [-0.2, -0.15) is 0 Å². The molecule has 5 heteroatoms. The number of aryl methyl sites for hydroxylation is 1. The van der Waals surface area contributed by atoms with Crippen LogP contribution in [-0.2, 0) is 13.2 Å². The lowest BCUT2D eigenvalue weighted by atomic mass is 10.1. The highest BCUT2D eigenvalue weighted by Gasteiger charge is 2.05. The molecule has 0 unspecified atom stereocenters. The maximum absolute atomic E-state index is 10.7. The molecule has 3 rings (SSSR count). The minimum Gasteiger partial charge on any atom is -0.489 e. The maximum Gasteiger partial charge on any atom is 0.269 e. The second kappa shape index (κ2) is 8.36. The summed E-state index contributed by atoms with van der Waals surface area (Å²) >= 11 is 0. The van der Waals surface area contributed by atoms with Crippen molar-refractivity contribution in [1.82, 2.24) is 0 Å². The standard InChI is InChI=1S/C22H22N2O3/c1-16-4-3-5-22(17(16)2)23-14-18-8-12-21(13-9-18)27-15-19-6-10-20(11-7-19)24(25)26/h3-13,23H,14-15H2,1-2H3. The van der Waals surface area contributed by atoms with E-state index in [1.807, 2.05) is 24.3 Å². The zero-order valence-corrected chi connectivity index (χ0v) is 15.4. The van der Waals surface area contributed by atoms with Crippen molar-refractivity contribution < 1.29 is 9.66 Å². The minimum absolute atomic E-state index is 0.0828. The zero-order valence-electron chi connectivity index (χ0n) is 15.4. The van der Waals surface area contributed by atoms with Gasteiger partial charge in [-0.25, -0.2) is 0 Å². The third-order valence-corrected chi connectivity index (χ3v) is 4.56. The number of ether oxygens (including phenoxy) is 1. The summed E-state index contributed by atoms with van der Waals surface area (Å²) < 4.78 is 5.75. The van der Waals surface area contributed by atoms with Gasteiger partial charge in [0.2, 0.25) is 0 Å². The number of nitrogens with zero attached hydrogens (tertiary/aromatic N) is 1. The molecule has 0 amide bonds. The lowest BCUT2D eigenvalue weighted by Crippen LogP contribution is -2.02. The lowest BCUT2D eigenvalue weighted by molar-refractivity contribution is -0.384. The van der Waals surface area contributed by atoms with Gasteiger partial charge in [-0.05, 0) is 66.4 Å². The number of hydrogen-bond acceptors (Lipinski definition) is 4. The zero-order chi connectivity index (χ0) is 19.2. The van der Waals surface area contributed by atoms with Gasteiger partial charge in [0.05, 0.1) is 4.92 Å². The fourth-order valence-corrected chi connectivity index (χ4v) is 2.72. The molecule has 0 aliphatic rings. The summed E-state index contributed by atoms with van der Waals surface area (Å²) in [4.78, 5) is 10.3. The molecular weight excluding hydrogens is 340 g/mol. The van der Waals surface area contributed by atoms with Gasteiger partial charge in [0.25, 0.3) is 5.69 Å². The summed E-state index contributed by atoms with van der Waals surface area (Å²) in [5.74, 6) is 0.767. The van der Waals surface area contributed by atoms with E-state index in [1.54, 1.807) is 12.1 Å². The first-order chi connectivity index (χ1) is 13.0. The molecule has 0 radical (unpaired) electrons. The van der Waals surface area contributed by atoms with Crippen molar-refractivity contribution in [3.8, 4) is 5.75 Å². The van der Waals surface area contributed by atoms with Crippen LogP contribution in [0.25, 0.3) is 0 Å². The molecule has 138 valence electrons. The molecule has 0 heterocycles. The van der Waals surface area contributed by atoms with Crippen molar-refractivity contribution in [1.29, 1.82) is 0 Å². The molecule has 5 nitrogen and oxygen atoms in total. The van der Waals surface area contributed by atoms with Crippen LogP contribution in [-0.4, -0.2) is 4.92 Å². The van der Waals surface area contributed by atoms with Gasteiger partial charge in [-0.1, -0.05) is 24.3 Å². The fraction of sp³-hybridized carbons (Fsp3) is 0.182. The number of non-ortho nitro benzene ring substituents is 1. The smallest absolute Gasteiger partial charge is 0.269 e. The van der Waals surface area contributed by atoms with E-state index in [9.17, 15) is 10.1 Å². The summed E-state index contributed by atoms with van der Waals surface area (Å²) in [6.07, 6.45) is 0. The van der Waals surface area contributed by atoms with E-state index in [-0.39, 0.29) is 5.69 Å². The van der Waals surface area contributed by atoms with Gasteiger partial charge < -0.3 is 10.1 Å².